The average Bonchev–Trinajstić information content (AvgIpc) is 0.829. The molecule has 8 rings (SSSR count). The number of carboxylic acid groups (broad SMARTS) is 1. The predicted molar refractivity (Wildman–Crippen MR) is 457 cm³/mol. The van der Waals surface area contributed by atoms with Crippen LogP contribution in [0.1, 0.15) is 175 Å². The van der Waals surface area contributed by atoms with E-state index in [2.05, 4.69) is 27.8 Å². The Bertz CT molecular complexity index is 5230. The van der Waals surface area contributed by atoms with Crippen molar-refractivity contribution < 1.29 is 115 Å². The van der Waals surface area contributed by atoms with Gasteiger partial charge in [-0.05, 0) is 149 Å². The topological polar surface area (TPSA) is 599 Å². The quantitative estimate of drug-likeness (QED) is 0.00563. The van der Waals surface area contributed by atoms with E-state index in [1.807, 2.05) is 27.7 Å². The maximum Gasteiger partial charge on any atom is 0.338 e. The molecule has 0 heterocycles. The molecular formula is C85H96N12O28. The summed E-state index contributed by atoms with van der Waals surface area (Å²) < 4.78 is 48.5. The molecule has 0 aliphatic heterocycles. The Balaban J connectivity index is 0.000000297. The van der Waals surface area contributed by atoms with Crippen molar-refractivity contribution in [3.63, 3.8) is 0 Å². The third-order valence-electron chi connectivity index (χ3n) is 16.9. The number of nitro groups is 4. The molecule has 40 nitrogen and oxygen atoms in total. The molecule has 0 saturated carbocycles. The van der Waals surface area contributed by atoms with E-state index in [0.29, 0.717) is 74.2 Å². The first-order valence-corrected chi connectivity index (χ1v) is 38.5. The van der Waals surface area contributed by atoms with Crippen molar-refractivity contribution >= 4 is 105 Å². The van der Waals surface area contributed by atoms with Gasteiger partial charge in [0.05, 0.1) is 102 Å². The third-order valence-corrected chi connectivity index (χ3v) is 16.9. The van der Waals surface area contributed by atoms with E-state index in [0.717, 1.165) is 31.7 Å². The van der Waals surface area contributed by atoms with Crippen molar-refractivity contribution in [2.24, 2.45) is 28.9 Å². The van der Waals surface area contributed by atoms with Gasteiger partial charge >= 0.3 is 34.7 Å². The molecule has 664 valence electrons. The minimum atomic E-state index is -1.03. The second kappa shape index (κ2) is 51.1. The smallest absolute Gasteiger partial charge is 0.338 e. The molecule has 0 aliphatic carbocycles. The molecule has 13 N–H and O–H groups in total. The van der Waals surface area contributed by atoms with Crippen LogP contribution in [0.3, 0.4) is 0 Å². The summed E-state index contributed by atoms with van der Waals surface area (Å²) in [6, 6.07) is 32.6. The largest absolute Gasteiger partial charge is 0.495 e. The van der Waals surface area contributed by atoms with E-state index in [1.165, 1.54) is 167 Å². The Kier molecular flexibility index (Phi) is 40.8. The number of hydrogen-bond acceptors (Lipinski definition) is 28. The van der Waals surface area contributed by atoms with Crippen molar-refractivity contribution in [3.05, 3.63) is 243 Å². The number of methoxy groups -OCH3 is 2. The molecule has 0 atom stereocenters. The number of rotatable bonds is 45. The number of nitrogens with zero attached hydrogens (tertiary/aromatic N) is 4. The van der Waals surface area contributed by atoms with Crippen molar-refractivity contribution in [2.45, 2.75) is 92.4 Å². The Labute approximate surface area is 715 Å². The maximum atomic E-state index is 12.9. The molecule has 8 aromatic rings. The lowest BCUT2D eigenvalue weighted by atomic mass is 10.1. The van der Waals surface area contributed by atoms with Crippen LogP contribution in [-0.4, -0.2) is 151 Å². The summed E-state index contributed by atoms with van der Waals surface area (Å²) in [4.78, 5) is 161. The van der Waals surface area contributed by atoms with Crippen LogP contribution in [0.4, 0.5) is 45.5 Å². The summed E-state index contributed by atoms with van der Waals surface area (Å²) in [6.45, 7) is 14.6. The minimum Gasteiger partial charge on any atom is -0.495 e. The fraction of sp³-hybridized carbons (Fsp3) is 0.294. The number of nitrogens with two attached hydrogens (primary N) is 4. The van der Waals surface area contributed by atoms with Crippen LogP contribution >= 0.6 is 0 Å². The van der Waals surface area contributed by atoms with Gasteiger partial charge in [0.25, 0.3) is 23.6 Å². The predicted octanol–water partition coefficient (Wildman–Crippen LogP) is 13.2. The number of anilines is 4. The number of benzene rings is 8. The molecule has 0 saturated heterocycles. The molecule has 0 aliphatic rings. The zero-order valence-electron chi connectivity index (χ0n) is 69.3. The van der Waals surface area contributed by atoms with Gasteiger partial charge in [0, 0.05) is 100 Å². The SMILES string of the molecule is C=CCOC(=O)c1ccc(NC(=O)c2ccc([N+](=O)[O-])c(OC)c2)c(OC)c1.CC(=O)CCCOc1cc(C(N)=O)ccc1NC(=O)c1ccc([N+](=O)[O-])c(OCCCC(=O)O)c1.CCCCOc1cc(C(=O)Nc2ccc(C(N)=O)cc2OCC(C)C)ccc1[N+](=O)[O-].CCCCOc1cc(C(N)=O)ccc1NC(=O)c1ccc([N+](=O)[O-])c(OCCCN)c1. The Morgan fingerprint density at radius 1 is 0.408 bits per heavy atom. The number of esters is 1. The van der Waals surface area contributed by atoms with Crippen LogP contribution in [0.5, 0.6) is 46.0 Å². The van der Waals surface area contributed by atoms with Gasteiger partial charge in [-0.1, -0.05) is 53.2 Å². The summed E-state index contributed by atoms with van der Waals surface area (Å²) in [6.07, 6.45) is 5.94. The molecular weight excluding hydrogens is 1640 g/mol. The lowest BCUT2D eigenvalue weighted by Gasteiger charge is -2.15. The summed E-state index contributed by atoms with van der Waals surface area (Å²) in [5, 5.41) is 64.1. The molecule has 0 unspecified atom stereocenters. The van der Waals surface area contributed by atoms with Crippen molar-refractivity contribution in [1.82, 2.24) is 0 Å². The van der Waals surface area contributed by atoms with E-state index in [1.54, 1.807) is 0 Å². The molecule has 0 fully saturated rings. The van der Waals surface area contributed by atoms with E-state index >= 15 is 0 Å². The second-order valence-electron chi connectivity index (χ2n) is 26.9. The van der Waals surface area contributed by atoms with Gasteiger partial charge in [0.15, 0.2) is 23.0 Å². The fourth-order valence-corrected chi connectivity index (χ4v) is 10.4. The van der Waals surface area contributed by atoms with Gasteiger partial charge in [-0.3, -0.25) is 78.8 Å². The lowest BCUT2D eigenvalue weighted by molar-refractivity contribution is -0.386. The number of nitro benzene ring substituents is 4. The Morgan fingerprint density at radius 2 is 0.696 bits per heavy atom. The number of ketones is 1. The van der Waals surface area contributed by atoms with E-state index < -0.39 is 73.0 Å². The summed E-state index contributed by atoms with van der Waals surface area (Å²) in [5.41, 5.74) is 22.9. The Hall–Kier alpha value is -15.6. The third kappa shape index (κ3) is 32.4. The molecule has 7 amide bonds. The van der Waals surface area contributed by atoms with Crippen LogP contribution in [-0.2, 0) is 14.3 Å². The Morgan fingerprint density at radius 3 is 1.01 bits per heavy atom. The number of aliphatic carboxylic acids is 1. The van der Waals surface area contributed by atoms with Crippen LogP contribution < -0.4 is 82.1 Å². The number of carboxylic acids is 1. The monoisotopic (exact) mass is 1730 g/mol. The highest BCUT2D eigenvalue weighted by Gasteiger charge is 2.26. The van der Waals surface area contributed by atoms with Gasteiger partial charge in [-0.2, -0.15) is 0 Å². The molecule has 125 heavy (non-hydrogen) atoms. The number of Topliss-reactive ketones (excluding diaryl/α,β-unsaturated/α-hetero) is 1. The average molecular weight is 1730 g/mol. The standard InChI is InChI=1S/C23H25N3O9.C22H27N3O6.C21H26N4O6.C19H18N2O7/c1-14(27)4-2-10-34-19-12-15(22(24)30)6-8-17(19)25-23(31)16-7-9-18(26(32)33)20(13-16)35-11-3-5-21(28)29;1-4-5-10-30-20-12-16(7-9-18(20)25(28)29)22(27)24-17-8-6-15(21(23)26)11-19(17)31-13-14(2)3;1-2-3-10-30-18-12-14(20(23)26)5-7-16(18)24-21(27)15-6-8-17(25(28)29)19(13-15)31-11-4-9-22;1-4-9-28-19(23)13-5-7-14(16(11-13)26-2)20-18(22)12-6-8-15(21(24)25)17(10-12)27-3/h6-9,12-13H,2-5,10-11H2,1H3,(H2,24,30)(H,25,31)(H,28,29);6-9,11-12,14H,4-5,10,13H2,1-3H3,(H2,23,26)(H,24,27);5-8,12-13H,2-4,9-11,22H2,1H3,(H2,23,26)(H,24,27);4-8,10-11H,1,9H2,2-3H3,(H,20,22). The first-order chi connectivity index (χ1) is 59.6. The maximum absolute atomic E-state index is 12.9. The molecule has 8 aromatic carbocycles. The van der Waals surface area contributed by atoms with Gasteiger partial charge in [-0.15, -0.1) is 0 Å². The zero-order valence-corrected chi connectivity index (χ0v) is 69.3. The number of carbonyl (C=O) groups is 10. The molecule has 0 aromatic heterocycles. The second-order valence-corrected chi connectivity index (χ2v) is 26.9. The fourth-order valence-electron chi connectivity index (χ4n) is 10.4. The van der Waals surface area contributed by atoms with E-state index in [-0.39, 0.29) is 158 Å². The number of hydrogen-bond donors (Lipinski definition) is 9. The normalized spacial score (nSPS) is 10.3. The number of carbonyl (C=O) groups excluding carboxylic acids is 9. The lowest BCUT2D eigenvalue weighted by Crippen LogP contribution is -2.16. The number of amides is 7. The van der Waals surface area contributed by atoms with Gasteiger partial charge in [0.1, 0.15) is 35.4 Å². The summed E-state index contributed by atoms with van der Waals surface area (Å²) in [7, 11) is 2.66. The number of unbranched alkanes of at least 4 members (excludes halogenated alkanes) is 2. The van der Waals surface area contributed by atoms with Crippen LogP contribution in [0.2, 0.25) is 0 Å². The van der Waals surface area contributed by atoms with Crippen LogP contribution in [0, 0.1) is 46.4 Å². The first kappa shape index (κ1) is 99.9. The summed E-state index contributed by atoms with van der Waals surface area (Å²) >= 11 is 0. The highest BCUT2D eigenvalue weighted by atomic mass is 16.6. The molecule has 0 bridgehead atoms. The highest BCUT2D eigenvalue weighted by molar-refractivity contribution is 6.09. The molecule has 0 spiro atoms. The van der Waals surface area contributed by atoms with E-state index in [9.17, 15) is 88.4 Å². The van der Waals surface area contributed by atoms with Gasteiger partial charge in [0.2, 0.25) is 17.7 Å². The number of ether oxygens (including phenoxy) is 9. The van der Waals surface area contributed by atoms with Crippen molar-refractivity contribution in [3.8, 4) is 46.0 Å². The van der Waals surface area contributed by atoms with Crippen LogP contribution in [0.15, 0.2) is 158 Å². The number of nitrogens with one attached hydrogen (secondary N) is 4. The zero-order chi connectivity index (χ0) is 92.4. The van der Waals surface area contributed by atoms with Gasteiger partial charge in [-0.25, -0.2) is 4.79 Å². The highest BCUT2D eigenvalue weighted by Crippen LogP contribution is 2.37. The summed E-state index contributed by atoms with van der Waals surface area (Å²) in [5.74, 6) is -4.70. The molecule has 0 radical (unpaired) electrons. The molecule has 40 heteroatoms. The number of primary amides is 3. The van der Waals surface area contributed by atoms with Crippen molar-refractivity contribution in [2.75, 3.05) is 88.3 Å². The first-order valence-electron chi connectivity index (χ1n) is 38.5. The van der Waals surface area contributed by atoms with Crippen LogP contribution in [0.25, 0.3) is 0 Å². The minimum absolute atomic E-state index is 0.00725. The van der Waals surface area contributed by atoms with Gasteiger partial charge < -0.3 is 96.7 Å². The van der Waals surface area contributed by atoms with E-state index in [4.69, 9.17) is 70.7 Å². The van der Waals surface area contributed by atoms with Crippen molar-refractivity contribution in [1.29, 1.82) is 0 Å².